The van der Waals surface area contributed by atoms with E-state index in [0.29, 0.717) is 55.4 Å². The van der Waals surface area contributed by atoms with Crippen molar-refractivity contribution in [2.45, 2.75) is 18.9 Å². The number of aromatic hydroxyl groups is 1. The molecule has 0 saturated heterocycles. The first-order valence-corrected chi connectivity index (χ1v) is 14.6. The van der Waals surface area contributed by atoms with Crippen LogP contribution >= 0.6 is 0 Å². The molecule has 4 aromatic carbocycles. The number of hydrogen-bond donors (Lipinski definition) is 2. The summed E-state index contributed by atoms with van der Waals surface area (Å²) in [6.07, 6.45) is 4.74. The number of amides is 2. The lowest BCUT2D eigenvalue weighted by atomic mass is 9.87. The standard InChI is InChI=1S/C35H30N4O5/c40-32-14-12-27-22-30(32)34(41)36-16-4-20-43-25-9-7-23(8-10-25)33-28-13-11-26(44-27)21-24(28)15-19-38(33)35(42)29-5-1-2-6-31(29)39-18-3-17-37-39/h1-3,5-14,17-18,21-22,33,40H,4,15-16,19-20H2,(H,36,41). The molecule has 2 amide bonds. The molecule has 44 heavy (non-hydrogen) atoms. The fraction of sp³-hybridized carbons (Fsp3) is 0.171. The van der Waals surface area contributed by atoms with Gasteiger partial charge in [0, 0.05) is 25.5 Å². The van der Waals surface area contributed by atoms with Crippen LogP contribution in [0.2, 0.25) is 0 Å². The summed E-state index contributed by atoms with van der Waals surface area (Å²) < 4.78 is 13.8. The molecule has 0 saturated carbocycles. The zero-order valence-electron chi connectivity index (χ0n) is 23.8. The number of ether oxygens (including phenoxy) is 2. The Labute approximate surface area is 254 Å². The summed E-state index contributed by atoms with van der Waals surface area (Å²) in [7, 11) is 0. The Morgan fingerprint density at radius 3 is 2.57 bits per heavy atom. The molecule has 9 rings (SSSR count). The van der Waals surface area contributed by atoms with E-state index in [1.807, 2.05) is 83.9 Å². The first kappa shape index (κ1) is 27.3. The van der Waals surface area contributed by atoms with E-state index in [1.165, 1.54) is 12.1 Å². The molecule has 0 fully saturated rings. The third-order valence-corrected chi connectivity index (χ3v) is 8.01. The van der Waals surface area contributed by atoms with Gasteiger partial charge in [-0.3, -0.25) is 9.59 Å². The topological polar surface area (TPSA) is 106 Å². The molecule has 0 aliphatic carbocycles. The zero-order valence-corrected chi connectivity index (χ0v) is 23.8. The number of nitrogens with one attached hydrogen (secondary N) is 1. The van der Waals surface area contributed by atoms with Crippen LogP contribution in [0.4, 0.5) is 0 Å². The largest absolute Gasteiger partial charge is 0.507 e. The van der Waals surface area contributed by atoms with Crippen molar-refractivity contribution in [1.82, 2.24) is 20.0 Å². The number of benzene rings is 4. The summed E-state index contributed by atoms with van der Waals surface area (Å²) in [6, 6.07) is 27.3. The highest BCUT2D eigenvalue weighted by Crippen LogP contribution is 2.39. The van der Waals surface area contributed by atoms with Crippen molar-refractivity contribution >= 4 is 11.8 Å². The molecular weight excluding hydrogens is 556 g/mol. The van der Waals surface area contributed by atoms with Crippen LogP contribution in [0.15, 0.2) is 103 Å². The van der Waals surface area contributed by atoms with Gasteiger partial charge in [0.15, 0.2) is 0 Å². The third-order valence-electron chi connectivity index (χ3n) is 8.01. The number of carbonyl (C=O) groups excluding carboxylic acids is 2. The second-order valence-electron chi connectivity index (χ2n) is 10.8. The molecule has 4 aliphatic heterocycles. The molecule has 1 atom stereocenters. The predicted molar refractivity (Wildman–Crippen MR) is 164 cm³/mol. The lowest BCUT2D eigenvalue weighted by Gasteiger charge is -2.38. The number of phenols is 1. The van der Waals surface area contributed by atoms with E-state index in [1.54, 1.807) is 16.9 Å². The Morgan fingerprint density at radius 1 is 0.932 bits per heavy atom. The number of phenolic OH excluding ortho intramolecular Hbond substituents is 1. The molecule has 9 heteroatoms. The van der Waals surface area contributed by atoms with Gasteiger partial charge < -0.3 is 24.8 Å². The third kappa shape index (κ3) is 5.24. The Bertz CT molecular complexity index is 1830. The SMILES string of the molecule is O=C1NCCCOc2ccc(cc2)C2c3ccc(cc3CCN2C(=O)c2ccccc2-n2cccn2)Oc2ccc(O)c1c2. The molecule has 9 nitrogen and oxygen atoms in total. The summed E-state index contributed by atoms with van der Waals surface area (Å²) in [5.41, 5.74) is 4.46. The Morgan fingerprint density at radius 2 is 1.73 bits per heavy atom. The number of para-hydroxylation sites is 1. The number of nitrogens with zero attached hydrogens (tertiary/aromatic N) is 3. The van der Waals surface area contributed by atoms with E-state index in [-0.39, 0.29) is 29.2 Å². The predicted octanol–water partition coefficient (Wildman–Crippen LogP) is 5.67. The minimum Gasteiger partial charge on any atom is -0.507 e. The lowest BCUT2D eigenvalue weighted by Crippen LogP contribution is -2.41. The van der Waals surface area contributed by atoms with Crippen molar-refractivity contribution in [2.24, 2.45) is 0 Å². The van der Waals surface area contributed by atoms with Gasteiger partial charge in [-0.1, -0.05) is 30.3 Å². The average molecular weight is 587 g/mol. The van der Waals surface area contributed by atoms with Crippen LogP contribution in [0.25, 0.3) is 5.69 Å². The highest BCUT2D eigenvalue weighted by molar-refractivity contribution is 5.98. The van der Waals surface area contributed by atoms with E-state index in [0.717, 1.165) is 22.4 Å². The smallest absolute Gasteiger partial charge is 0.256 e. The van der Waals surface area contributed by atoms with Gasteiger partial charge in [0.05, 0.1) is 29.5 Å². The summed E-state index contributed by atoms with van der Waals surface area (Å²) in [4.78, 5) is 29.0. The van der Waals surface area contributed by atoms with Crippen LogP contribution in [-0.2, 0) is 6.42 Å². The molecule has 1 unspecified atom stereocenters. The first-order valence-electron chi connectivity index (χ1n) is 14.6. The van der Waals surface area contributed by atoms with E-state index >= 15 is 0 Å². The fourth-order valence-corrected chi connectivity index (χ4v) is 5.87. The monoisotopic (exact) mass is 586 g/mol. The van der Waals surface area contributed by atoms with Crippen LogP contribution in [0.5, 0.6) is 23.0 Å². The first-order chi connectivity index (χ1) is 21.5. The Hall–Kier alpha value is -5.57. The minimum absolute atomic E-state index is 0.0837. The molecule has 5 heterocycles. The lowest BCUT2D eigenvalue weighted by molar-refractivity contribution is 0.0694. The van der Waals surface area contributed by atoms with Crippen molar-refractivity contribution in [1.29, 1.82) is 0 Å². The fourth-order valence-electron chi connectivity index (χ4n) is 5.87. The van der Waals surface area contributed by atoms with Crippen molar-refractivity contribution in [3.05, 3.63) is 131 Å². The normalized spacial score (nSPS) is 16.2. The van der Waals surface area contributed by atoms with Gasteiger partial charge in [-0.25, -0.2) is 4.68 Å². The number of carbonyl (C=O) groups is 2. The second kappa shape index (κ2) is 11.6. The summed E-state index contributed by atoms with van der Waals surface area (Å²) in [5.74, 6) is 1.14. The van der Waals surface area contributed by atoms with Crippen LogP contribution in [0.1, 0.15) is 49.9 Å². The van der Waals surface area contributed by atoms with E-state index in [4.69, 9.17) is 9.47 Å². The molecule has 220 valence electrons. The molecule has 2 N–H and O–H groups in total. The Balaban J connectivity index is 1.30. The van der Waals surface area contributed by atoms with Gasteiger partial charge in [-0.15, -0.1) is 0 Å². The maximum atomic E-state index is 14.3. The van der Waals surface area contributed by atoms with Crippen molar-refractivity contribution in [2.75, 3.05) is 19.7 Å². The van der Waals surface area contributed by atoms with Crippen LogP contribution in [0, 0.1) is 0 Å². The van der Waals surface area contributed by atoms with E-state index in [9.17, 15) is 14.7 Å². The molecule has 1 aromatic heterocycles. The van der Waals surface area contributed by atoms with Crippen molar-refractivity contribution in [3.8, 4) is 28.7 Å². The Kier molecular flexibility index (Phi) is 7.19. The summed E-state index contributed by atoms with van der Waals surface area (Å²) >= 11 is 0. The molecule has 0 radical (unpaired) electrons. The van der Waals surface area contributed by atoms with Gasteiger partial charge in [0.2, 0.25) is 0 Å². The number of fused-ring (bicyclic) bond motifs is 1. The van der Waals surface area contributed by atoms with Gasteiger partial charge >= 0.3 is 0 Å². The summed E-state index contributed by atoms with van der Waals surface area (Å²) in [5, 5.41) is 17.5. The molecular formula is C35H30N4O5. The van der Waals surface area contributed by atoms with Gasteiger partial charge in [-0.2, -0.15) is 5.10 Å². The zero-order chi connectivity index (χ0) is 30.0. The van der Waals surface area contributed by atoms with E-state index in [2.05, 4.69) is 10.4 Å². The number of rotatable bonds is 2. The van der Waals surface area contributed by atoms with Gasteiger partial charge in [0.25, 0.3) is 11.8 Å². The summed E-state index contributed by atoms with van der Waals surface area (Å²) in [6.45, 7) is 1.28. The minimum atomic E-state index is -0.387. The number of aromatic nitrogens is 2. The maximum absolute atomic E-state index is 14.3. The molecule has 0 spiro atoms. The second-order valence-corrected chi connectivity index (χ2v) is 10.8. The van der Waals surface area contributed by atoms with Gasteiger partial charge in [-0.05, 0) is 90.2 Å². The van der Waals surface area contributed by atoms with Crippen molar-refractivity contribution in [3.63, 3.8) is 0 Å². The molecule has 5 aromatic rings. The van der Waals surface area contributed by atoms with Crippen molar-refractivity contribution < 1.29 is 24.2 Å². The highest BCUT2D eigenvalue weighted by atomic mass is 16.5. The van der Waals surface area contributed by atoms with E-state index < -0.39 is 0 Å². The van der Waals surface area contributed by atoms with Crippen LogP contribution in [-0.4, -0.2) is 51.3 Å². The van der Waals surface area contributed by atoms with Crippen LogP contribution < -0.4 is 14.8 Å². The quantitative estimate of drug-likeness (QED) is 0.276. The maximum Gasteiger partial charge on any atom is 0.256 e. The number of hydrogen-bond acceptors (Lipinski definition) is 6. The highest BCUT2D eigenvalue weighted by Gasteiger charge is 2.34. The van der Waals surface area contributed by atoms with Crippen LogP contribution in [0.3, 0.4) is 0 Å². The molecule has 8 bridgehead atoms. The molecule has 4 aliphatic rings. The van der Waals surface area contributed by atoms with Gasteiger partial charge in [0.1, 0.15) is 23.0 Å². The average Bonchev–Trinajstić information content (AvgIpc) is 3.60.